The summed E-state index contributed by atoms with van der Waals surface area (Å²) in [5.74, 6) is -2.77. The summed E-state index contributed by atoms with van der Waals surface area (Å²) in [6, 6.07) is 0.599. The topological polar surface area (TPSA) is 151 Å². The lowest BCUT2D eigenvalue weighted by Crippen LogP contribution is -2.13. The minimum Gasteiger partial charge on any atom is -0.504 e. The van der Waals surface area contributed by atoms with E-state index in [2.05, 4.69) is 4.74 Å². The van der Waals surface area contributed by atoms with Crippen molar-refractivity contribution in [1.29, 1.82) is 0 Å². The van der Waals surface area contributed by atoms with Gasteiger partial charge < -0.3 is 19.3 Å². The van der Waals surface area contributed by atoms with Crippen molar-refractivity contribution < 1.29 is 34.0 Å². The maximum Gasteiger partial charge on any atom is 0.352 e. The molecule has 0 aliphatic carbocycles. The summed E-state index contributed by atoms with van der Waals surface area (Å²) in [7, 11) is 1.36. The van der Waals surface area contributed by atoms with Crippen LogP contribution in [0.2, 0.25) is 0 Å². The zero-order chi connectivity index (χ0) is 17.6. The van der Waals surface area contributed by atoms with Gasteiger partial charge in [0.1, 0.15) is 6.61 Å². The van der Waals surface area contributed by atoms with Crippen LogP contribution in [0.3, 0.4) is 0 Å². The average molecular weight is 330 g/mol. The molecule has 126 valence electrons. The molecule has 1 aromatic carbocycles. The predicted molar refractivity (Wildman–Crippen MR) is 74.7 cm³/mol. The van der Waals surface area contributed by atoms with Crippen molar-refractivity contribution in [3.8, 4) is 11.5 Å². The average Bonchev–Trinajstić information content (AvgIpc) is 2.47. The Bertz CT molecular complexity index is 629. The summed E-state index contributed by atoms with van der Waals surface area (Å²) < 4.78 is 14.4. The van der Waals surface area contributed by atoms with Gasteiger partial charge in [0.15, 0.2) is 5.75 Å². The number of aromatic hydroxyl groups is 1. The number of hydrogen-bond acceptors (Lipinski definition) is 9. The van der Waals surface area contributed by atoms with Gasteiger partial charge in [0.05, 0.1) is 29.1 Å². The van der Waals surface area contributed by atoms with Crippen molar-refractivity contribution in [1.82, 2.24) is 0 Å². The number of nitro groups is 2. The molecule has 0 amide bonds. The van der Waals surface area contributed by atoms with Crippen molar-refractivity contribution in [2.45, 2.75) is 6.92 Å². The second-order valence-electron chi connectivity index (χ2n) is 4.04. The first-order valence-corrected chi connectivity index (χ1v) is 6.32. The minimum absolute atomic E-state index is 0.0440. The SMILES string of the molecule is CCOC(=O)c1c([N+](=O)[O-])cc(O)c(OCCOC)c1[N+](=O)[O-]. The molecule has 23 heavy (non-hydrogen) atoms. The zero-order valence-corrected chi connectivity index (χ0v) is 12.3. The smallest absolute Gasteiger partial charge is 0.352 e. The Morgan fingerprint density at radius 1 is 1.26 bits per heavy atom. The minimum atomic E-state index is -1.26. The molecule has 1 rings (SSSR count). The molecule has 0 saturated heterocycles. The van der Waals surface area contributed by atoms with Gasteiger partial charge in [0.25, 0.3) is 5.69 Å². The van der Waals surface area contributed by atoms with Crippen molar-refractivity contribution in [2.24, 2.45) is 0 Å². The summed E-state index contributed by atoms with van der Waals surface area (Å²) in [6.45, 7) is 1.16. The lowest BCUT2D eigenvalue weighted by atomic mass is 10.1. The van der Waals surface area contributed by atoms with E-state index in [1.807, 2.05) is 0 Å². The highest BCUT2D eigenvalue weighted by Crippen LogP contribution is 2.44. The number of phenolic OH excluding ortho intramolecular Hbond substituents is 1. The first kappa shape index (κ1) is 18.1. The van der Waals surface area contributed by atoms with E-state index in [0.717, 1.165) is 0 Å². The Hall–Kier alpha value is -2.95. The number of hydrogen-bond donors (Lipinski definition) is 1. The molecule has 0 bridgehead atoms. The Morgan fingerprint density at radius 3 is 2.39 bits per heavy atom. The van der Waals surface area contributed by atoms with Gasteiger partial charge in [-0.2, -0.15) is 0 Å². The van der Waals surface area contributed by atoms with Gasteiger partial charge in [-0.05, 0) is 6.92 Å². The van der Waals surface area contributed by atoms with Gasteiger partial charge in [-0.1, -0.05) is 0 Å². The van der Waals surface area contributed by atoms with Crippen LogP contribution in [-0.4, -0.2) is 47.9 Å². The number of ether oxygens (including phenoxy) is 3. The van der Waals surface area contributed by atoms with E-state index in [1.54, 1.807) is 0 Å². The number of esters is 1. The highest BCUT2D eigenvalue weighted by Gasteiger charge is 2.38. The van der Waals surface area contributed by atoms with E-state index in [1.165, 1.54) is 14.0 Å². The lowest BCUT2D eigenvalue weighted by Gasteiger charge is -2.11. The maximum absolute atomic E-state index is 11.9. The first-order chi connectivity index (χ1) is 10.8. The zero-order valence-electron chi connectivity index (χ0n) is 12.3. The van der Waals surface area contributed by atoms with Crippen LogP contribution < -0.4 is 4.74 Å². The molecule has 0 spiro atoms. The van der Waals surface area contributed by atoms with E-state index >= 15 is 0 Å². The van der Waals surface area contributed by atoms with Crippen LogP contribution in [0, 0.1) is 20.2 Å². The number of benzene rings is 1. The molecule has 0 atom stereocenters. The molecular weight excluding hydrogens is 316 g/mol. The fourth-order valence-corrected chi connectivity index (χ4v) is 1.72. The molecule has 0 radical (unpaired) electrons. The fourth-order valence-electron chi connectivity index (χ4n) is 1.72. The van der Waals surface area contributed by atoms with Gasteiger partial charge in [0, 0.05) is 7.11 Å². The van der Waals surface area contributed by atoms with Gasteiger partial charge in [-0.3, -0.25) is 20.2 Å². The number of nitro benzene ring substituents is 2. The lowest BCUT2D eigenvalue weighted by molar-refractivity contribution is -0.395. The summed E-state index contributed by atoms with van der Waals surface area (Å²) >= 11 is 0. The number of nitrogens with zero attached hydrogens (tertiary/aromatic N) is 2. The van der Waals surface area contributed by atoms with Crippen LogP contribution in [0.25, 0.3) is 0 Å². The molecular formula is C12H14N2O9. The van der Waals surface area contributed by atoms with Crippen LogP contribution in [-0.2, 0) is 9.47 Å². The first-order valence-electron chi connectivity index (χ1n) is 6.32. The monoisotopic (exact) mass is 330 g/mol. The van der Waals surface area contributed by atoms with E-state index in [-0.39, 0.29) is 19.8 Å². The standard InChI is InChI=1S/C12H14N2O9/c1-3-22-12(16)9-7(13(17)18)6-8(15)11(10(9)14(19)20)23-5-4-21-2/h6,15H,3-5H2,1-2H3. The number of carbonyl (C=O) groups is 1. The van der Waals surface area contributed by atoms with Gasteiger partial charge in [-0.25, -0.2) is 4.79 Å². The van der Waals surface area contributed by atoms with Crippen molar-refractivity contribution in [2.75, 3.05) is 26.9 Å². The van der Waals surface area contributed by atoms with Crippen LogP contribution >= 0.6 is 0 Å². The van der Waals surface area contributed by atoms with E-state index in [9.17, 15) is 30.1 Å². The molecule has 1 aromatic rings. The van der Waals surface area contributed by atoms with Crippen molar-refractivity contribution >= 4 is 17.3 Å². The summed E-state index contributed by atoms with van der Waals surface area (Å²) in [5.41, 5.74) is -2.88. The molecule has 1 N–H and O–H groups in total. The number of phenols is 1. The second kappa shape index (κ2) is 7.89. The highest BCUT2D eigenvalue weighted by atomic mass is 16.6. The Balaban J connectivity index is 3.59. The third-order valence-corrected chi connectivity index (χ3v) is 2.61. The molecule has 0 heterocycles. The predicted octanol–water partition coefficient (Wildman–Crippen LogP) is 1.41. The number of rotatable bonds is 8. The molecule has 0 aliphatic heterocycles. The van der Waals surface area contributed by atoms with E-state index in [4.69, 9.17) is 9.47 Å². The summed E-state index contributed by atoms with van der Waals surface area (Å²) in [4.78, 5) is 32.1. The Labute approximate surface area is 129 Å². The van der Waals surface area contributed by atoms with Crippen LogP contribution in [0.1, 0.15) is 17.3 Å². The maximum atomic E-state index is 11.9. The van der Waals surface area contributed by atoms with Crippen LogP contribution in [0.15, 0.2) is 6.07 Å². The number of methoxy groups -OCH3 is 1. The Morgan fingerprint density at radius 2 is 1.91 bits per heavy atom. The van der Waals surface area contributed by atoms with Gasteiger partial charge in [0.2, 0.25) is 11.3 Å². The van der Waals surface area contributed by atoms with E-state index < -0.39 is 44.3 Å². The summed E-state index contributed by atoms with van der Waals surface area (Å²) in [6.07, 6.45) is 0. The third kappa shape index (κ3) is 4.03. The molecule has 0 aliphatic rings. The van der Waals surface area contributed by atoms with Crippen molar-refractivity contribution in [3.05, 3.63) is 31.9 Å². The quantitative estimate of drug-likeness (QED) is 0.322. The largest absolute Gasteiger partial charge is 0.504 e. The molecule has 0 aromatic heterocycles. The molecule has 0 unspecified atom stereocenters. The third-order valence-electron chi connectivity index (χ3n) is 2.61. The Kier molecular flexibility index (Phi) is 6.21. The van der Waals surface area contributed by atoms with Crippen molar-refractivity contribution in [3.63, 3.8) is 0 Å². The fraction of sp³-hybridized carbons (Fsp3) is 0.417. The number of carbonyl (C=O) groups excluding carboxylic acids is 1. The van der Waals surface area contributed by atoms with Crippen LogP contribution in [0.4, 0.5) is 11.4 Å². The van der Waals surface area contributed by atoms with Gasteiger partial charge in [-0.15, -0.1) is 0 Å². The highest BCUT2D eigenvalue weighted by molar-refractivity contribution is 6.00. The molecule has 11 heteroatoms. The van der Waals surface area contributed by atoms with E-state index in [0.29, 0.717) is 6.07 Å². The van der Waals surface area contributed by atoms with Gasteiger partial charge >= 0.3 is 11.7 Å². The molecule has 11 nitrogen and oxygen atoms in total. The second-order valence-corrected chi connectivity index (χ2v) is 4.04. The summed E-state index contributed by atoms with van der Waals surface area (Å²) in [5, 5.41) is 32.1. The normalized spacial score (nSPS) is 10.2. The van der Waals surface area contributed by atoms with Crippen LogP contribution in [0.5, 0.6) is 11.5 Å². The molecule has 0 fully saturated rings. The molecule has 0 saturated carbocycles.